The monoisotopic (exact) mass is 396 g/mol. The number of pyridine rings is 1. The first kappa shape index (κ1) is 19.6. The van der Waals surface area contributed by atoms with Crippen LogP contribution in [0.25, 0.3) is 11.1 Å². The minimum atomic E-state index is -2.94. The molecule has 0 bridgehead atoms. The van der Waals surface area contributed by atoms with Crippen molar-refractivity contribution in [1.29, 1.82) is 0 Å². The highest BCUT2D eigenvalue weighted by Crippen LogP contribution is 2.32. The van der Waals surface area contributed by atoms with Crippen molar-refractivity contribution in [1.82, 2.24) is 19.7 Å². The average molecular weight is 396 g/mol. The fourth-order valence-corrected chi connectivity index (χ4v) is 2.55. The molecule has 148 valence electrons. The summed E-state index contributed by atoms with van der Waals surface area (Å²) in [4.78, 5) is 7.80. The lowest BCUT2D eigenvalue weighted by atomic mass is 10.0. The van der Waals surface area contributed by atoms with Crippen molar-refractivity contribution in [2.45, 2.75) is 26.5 Å². The van der Waals surface area contributed by atoms with Crippen molar-refractivity contribution < 1.29 is 27.0 Å². The second-order valence-electron chi connectivity index (χ2n) is 5.64. The van der Waals surface area contributed by atoms with Crippen LogP contribution in [0.15, 0.2) is 42.9 Å². The molecule has 6 nitrogen and oxygen atoms in total. The van der Waals surface area contributed by atoms with E-state index in [1.54, 1.807) is 25.1 Å². The van der Waals surface area contributed by atoms with Gasteiger partial charge in [-0.05, 0) is 36.2 Å². The van der Waals surface area contributed by atoms with Crippen LogP contribution in [0, 0.1) is 0 Å². The summed E-state index contributed by atoms with van der Waals surface area (Å²) in [6.07, 6.45) is -0.0280. The second-order valence-corrected chi connectivity index (χ2v) is 5.64. The summed E-state index contributed by atoms with van der Waals surface area (Å²) in [5.74, 6) is -0.249. The summed E-state index contributed by atoms with van der Waals surface area (Å²) in [5.41, 5.74) is 1.75. The van der Waals surface area contributed by atoms with E-state index in [9.17, 15) is 17.6 Å². The van der Waals surface area contributed by atoms with Crippen LogP contribution >= 0.6 is 0 Å². The molecular formula is C18H16F4N4O2. The maximum Gasteiger partial charge on any atom is 0.387 e. The highest BCUT2D eigenvalue weighted by molar-refractivity contribution is 5.70. The maximum atomic E-state index is 12.6. The van der Waals surface area contributed by atoms with E-state index >= 15 is 0 Å². The normalized spacial score (nSPS) is 11.2. The van der Waals surface area contributed by atoms with Crippen LogP contribution in [0.2, 0.25) is 0 Å². The summed E-state index contributed by atoms with van der Waals surface area (Å²) in [7, 11) is 0. The second kappa shape index (κ2) is 8.68. The molecule has 10 heteroatoms. The standard InChI is InChI=1S/C18H16F4N4O2/c1-2-27-17-14(12-4-3-5-13(7-12)28-18(21)22)6-11(8-23-17)9-26-10-24-16(25-26)15(19)20/h3-8,10,15,18H,2,9H2,1H3. The van der Waals surface area contributed by atoms with Gasteiger partial charge in [-0.2, -0.15) is 8.78 Å². The van der Waals surface area contributed by atoms with E-state index in [1.807, 2.05) is 0 Å². The molecule has 2 aromatic heterocycles. The molecule has 0 saturated carbocycles. The molecule has 0 saturated heterocycles. The van der Waals surface area contributed by atoms with Gasteiger partial charge in [0.1, 0.15) is 12.1 Å². The molecule has 0 amide bonds. The summed E-state index contributed by atoms with van der Waals surface area (Å²) in [5, 5.41) is 3.71. The highest BCUT2D eigenvalue weighted by Gasteiger charge is 2.15. The number of benzene rings is 1. The third kappa shape index (κ3) is 4.76. The zero-order chi connectivity index (χ0) is 20.1. The van der Waals surface area contributed by atoms with Gasteiger partial charge in [0.25, 0.3) is 6.43 Å². The lowest BCUT2D eigenvalue weighted by Crippen LogP contribution is -2.04. The molecule has 3 rings (SSSR count). The molecule has 0 aliphatic heterocycles. The van der Waals surface area contributed by atoms with Gasteiger partial charge in [0.15, 0.2) is 0 Å². The predicted octanol–water partition coefficient (Wildman–Crippen LogP) is 4.33. The Balaban J connectivity index is 1.93. The smallest absolute Gasteiger partial charge is 0.387 e. The van der Waals surface area contributed by atoms with Crippen LogP contribution in [0.3, 0.4) is 0 Å². The summed E-state index contributed by atoms with van der Waals surface area (Å²) >= 11 is 0. The van der Waals surface area contributed by atoms with Crippen LogP contribution in [-0.4, -0.2) is 33.0 Å². The topological polar surface area (TPSA) is 62.1 Å². The Kier molecular flexibility index (Phi) is 6.07. The number of hydrogen-bond acceptors (Lipinski definition) is 5. The van der Waals surface area contributed by atoms with Gasteiger partial charge in [-0.25, -0.2) is 23.4 Å². The van der Waals surface area contributed by atoms with Crippen LogP contribution < -0.4 is 9.47 Å². The van der Waals surface area contributed by atoms with Crippen LogP contribution in [-0.2, 0) is 6.54 Å². The zero-order valence-electron chi connectivity index (χ0n) is 14.7. The van der Waals surface area contributed by atoms with Gasteiger partial charge in [0, 0.05) is 11.8 Å². The number of hydrogen-bond donors (Lipinski definition) is 0. The molecule has 0 atom stereocenters. The number of alkyl halides is 4. The van der Waals surface area contributed by atoms with Crippen molar-refractivity contribution >= 4 is 0 Å². The first-order valence-electron chi connectivity index (χ1n) is 8.30. The number of halogens is 4. The minimum absolute atomic E-state index is 0.00166. The fraction of sp³-hybridized carbons (Fsp3) is 0.278. The van der Waals surface area contributed by atoms with E-state index in [2.05, 4.69) is 19.8 Å². The van der Waals surface area contributed by atoms with Crippen molar-refractivity contribution in [2.75, 3.05) is 6.61 Å². The Hall–Kier alpha value is -3.17. The Morgan fingerprint density at radius 3 is 2.61 bits per heavy atom. The van der Waals surface area contributed by atoms with E-state index in [0.29, 0.717) is 29.2 Å². The lowest BCUT2D eigenvalue weighted by Gasteiger charge is -2.12. The Labute approximate surface area is 157 Å². The fourth-order valence-electron chi connectivity index (χ4n) is 2.55. The number of nitrogens with zero attached hydrogens (tertiary/aromatic N) is 4. The average Bonchev–Trinajstić information content (AvgIpc) is 3.12. The van der Waals surface area contributed by atoms with Gasteiger partial charge in [-0.3, -0.25) is 0 Å². The third-order valence-corrected chi connectivity index (χ3v) is 3.65. The van der Waals surface area contributed by atoms with Crippen LogP contribution in [0.5, 0.6) is 11.6 Å². The van der Waals surface area contributed by atoms with E-state index < -0.39 is 18.9 Å². The predicted molar refractivity (Wildman–Crippen MR) is 91.6 cm³/mol. The lowest BCUT2D eigenvalue weighted by molar-refractivity contribution is -0.0498. The van der Waals surface area contributed by atoms with Crippen molar-refractivity contribution in [3.63, 3.8) is 0 Å². The van der Waals surface area contributed by atoms with Crippen molar-refractivity contribution in [2.24, 2.45) is 0 Å². The van der Waals surface area contributed by atoms with Gasteiger partial charge >= 0.3 is 6.61 Å². The van der Waals surface area contributed by atoms with Crippen LogP contribution in [0.4, 0.5) is 17.6 Å². The van der Waals surface area contributed by atoms with Gasteiger partial charge in [-0.15, -0.1) is 5.10 Å². The molecule has 3 aromatic rings. The molecule has 1 aromatic carbocycles. The largest absolute Gasteiger partial charge is 0.478 e. The minimum Gasteiger partial charge on any atom is -0.478 e. The molecule has 0 aliphatic carbocycles. The number of rotatable bonds is 8. The van der Waals surface area contributed by atoms with Gasteiger partial charge in [0.2, 0.25) is 11.7 Å². The van der Waals surface area contributed by atoms with Crippen molar-refractivity contribution in [3.8, 4) is 22.8 Å². The quantitative estimate of drug-likeness (QED) is 0.531. The first-order valence-corrected chi connectivity index (χ1v) is 8.30. The molecule has 0 aliphatic rings. The highest BCUT2D eigenvalue weighted by atomic mass is 19.3. The van der Waals surface area contributed by atoms with Crippen molar-refractivity contribution in [3.05, 3.63) is 54.2 Å². The van der Waals surface area contributed by atoms with E-state index in [0.717, 1.165) is 0 Å². The summed E-state index contributed by atoms with van der Waals surface area (Å²) in [6.45, 7) is -0.647. The van der Waals surface area contributed by atoms with E-state index in [1.165, 1.54) is 29.3 Å². The molecule has 28 heavy (non-hydrogen) atoms. The third-order valence-electron chi connectivity index (χ3n) is 3.65. The van der Waals surface area contributed by atoms with Gasteiger partial charge < -0.3 is 9.47 Å². The Morgan fingerprint density at radius 1 is 1.11 bits per heavy atom. The maximum absolute atomic E-state index is 12.6. The zero-order valence-corrected chi connectivity index (χ0v) is 14.7. The number of aromatic nitrogens is 4. The first-order chi connectivity index (χ1) is 13.5. The Morgan fingerprint density at radius 2 is 1.93 bits per heavy atom. The Bertz CT molecular complexity index is 933. The van der Waals surface area contributed by atoms with E-state index in [4.69, 9.17) is 4.74 Å². The molecule has 0 spiro atoms. The molecule has 0 N–H and O–H groups in total. The molecular weight excluding hydrogens is 380 g/mol. The van der Waals surface area contributed by atoms with Gasteiger partial charge in [0.05, 0.1) is 13.2 Å². The van der Waals surface area contributed by atoms with E-state index in [-0.39, 0.29) is 12.3 Å². The molecule has 2 heterocycles. The number of ether oxygens (including phenoxy) is 2. The SMILES string of the molecule is CCOc1ncc(Cn2cnc(C(F)F)n2)cc1-c1cccc(OC(F)F)c1. The molecule has 0 radical (unpaired) electrons. The summed E-state index contributed by atoms with van der Waals surface area (Å²) < 4.78 is 61.5. The van der Waals surface area contributed by atoms with Gasteiger partial charge in [-0.1, -0.05) is 12.1 Å². The summed E-state index contributed by atoms with van der Waals surface area (Å²) in [6, 6.07) is 7.85. The van der Waals surface area contributed by atoms with Crippen LogP contribution in [0.1, 0.15) is 24.7 Å². The molecule has 0 unspecified atom stereocenters. The molecule has 0 fully saturated rings.